The number of ether oxygens (including phenoxy) is 2. The van der Waals surface area contributed by atoms with E-state index in [2.05, 4.69) is 18.6 Å². The van der Waals surface area contributed by atoms with Crippen molar-refractivity contribution in [1.29, 1.82) is 0 Å². The Hall–Kier alpha value is -0.700. The third-order valence-corrected chi connectivity index (χ3v) is 7.31. The lowest BCUT2D eigenvalue weighted by Crippen LogP contribution is -2.61. The SMILES string of the molecule is CC(C)C1CCC(OCC2C(NS(C)(=O)=O)CCCN2C(=O)C2COC2)CC1. The van der Waals surface area contributed by atoms with Crippen molar-refractivity contribution in [2.24, 2.45) is 17.8 Å². The molecule has 1 N–H and O–H groups in total. The van der Waals surface area contributed by atoms with E-state index in [1.54, 1.807) is 0 Å². The molecule has 28 heavy (non-hydrogen) atoms. The first-order valence-corrected chi connectivity index (χ1v) is 12.6. The summed E-state index contributed by atoms with van der Waals surface area (Å²) in [6.45, 7) is 6.54. The summed E-state index contributed by atoms with van der Waals surface area (Å²) in [6.07, 6.45) is 7.36. The van der Waals surface area contributed by atoms with Crippen LogP contribution >= 0.6 is 0 Å². The normalized spacial score (nSPS) is 32.4. The molecule has 0 aromatic carbocycles. The van der Waals surface area contributed by atoms with E-state index < -0.39 is 10.0 Å². The molecule has 0 aromatic rings. The molecule has 2 heterocycles. The Morgan fingerprint density at radius 1 is 1.18 bits per heavy atom. The summed E-state index contributed by atoms with van der Waals surface area (Å²) < 4.78 is 37.9. The Bertz CT molecular complexity index is 627. The van der Waals surface area contributed by atoms with Crippen LogP contribution in [0.3, 0.4) is 0 Å². The zero-order chi connectivity index (χ0) is 20.3. The molecule has 3 fully saturated rings. The van der Waals surface area contributed by atoms with Gasteiger partial charge in [0.15, 0.2) is 0 Å². The van der Waals surface area contributed by atoms with Gasteiger partial charge in [0, 0.05) is 12.6 Å². The number of hydrogen-bond acceptors (Lipinski definition) is 5. The topological polar surface area (TPSA) is 84.9 Å². The van der Waals surface area contributed by atoms with Gasteiger partial charge in [-0.2, -0.15) is 0 Å². The number of amides is 1. The fourth-order valence-electron chi connectivity index (χ4n) is 4.72. The van der Waals surface area contributed by atoms with E-state index in [0.29, 0.717) is 32.3 Å². The summed E-state index contributed by atoms with van der Waals surface area (Å²) in [7, 11) is -3.35. The minimum atomic E-state index is -3.35. The van der Waals surface area contributed by atoms with Crippen LogP contribution in [0.5, 0.6) is 0 Å². The van der Waals surface area contributed by atoms with Crippen LogP contribution in [-0.4, -0.2) is 70.0 Å². The molecule has 1 amide bonds. The van der Waals surface area contributed by atoms with Crippen LogP contribution in [0, 0.1) is 17.8 Å². The highest BCUT2D eigenvalue weighted by molar-refractivity contribution is 7.88. The van der Waals surface area contributed by atoms with Gasteiger partial charge in [0.05, 0.1) is 44.1 Å². The van der Waals surface area contributed by atoms with E-state index in [9.17, 15) is 13.2 Å². The van der Waals surface area contributed by atoms with E-state index in [4.69, 9.17) is 9.47 Å². The van der Waals surface area contributed by atoms with Crippen LogP contribution < -0.4 is 4.72 Å². The number of piperidine rings is 1. The van der Waals surface area contributed by atoms with Crippen LogP contribution in [0.25, 0.3) is 0 Å². The second kappa shape index (κ2) is 9.41. The third kappa shape index (κ3) is 5.68. The van der Waals surface area contributed by atoms with E-state index in [0.717, 1.165) is 31.6 Å². The van der Waals surface area contributed by atoms with E-state index in [1.165, 1.54) is 19.1 Å². The van der Waals surface area contributed by atoms with Gasteiger partial charge >= 0.3 is 0 Å². The Labute approximate surface area is 169 Å². The first-order chi connectivity index (χ1) is 13.2. The third-order valence-electron chi connectivity index (χ3n) is 6.58. The number of hydrogen-bond donors (Lipinski definition) is 1. The molecule has 8 heteroatoms. The van der Waals surface area contributed by atoms with Gasteiger partial charge in [-0.25, -0.2) is 13.1 Å². The second-order valence-corrected chi connectivity index (χ2v) is 10.9. The standard InChI is InChI=1S/C20H36N2O5S/c1-14(2)15-6-8-17(9-7-15)27-13-19-18(21-28(3,24)25)5-4-10-22(19)20(23)16-11-26-12-16/h14-19,21H,4-13H2,1-3H3. The van der Waals surface area contributed by atoms with Crippen molar-refractivity contribution in [3.8, 4) is 0 Å². The molecule has 2 unspecified atom stereocenters. The van der Waals surface area contributed by atoms with E-state index in [-0.39, 0.29) is 30.0 Å². The maximum Gasteiger partial charge on any atom is 0.230 e. The molecular weight excluding hydrogens is 380 g/mol. The second-order valence-electron chi connectivity index (χ2n) is 9.09. The zero-order valence-corrected chi connectivity index (χ0v) is 18.2. The molecule has 0 bridgehead atoms. The lowest BCUT2D eigenvalue weighted by molar-refractivity contribution is -0.157. The summed E-state index contributed by atoms with van der Waals surface area (Å²) in [5.74, 6) is 1.45. The number of sulfonamides is 1. The minimum absolute atomic E-state index is 0.0726. The predicted molar refractivity (Wildman–Crippen MR) is 107 cm³/mol. The Kier molecular flexibility index (Phi) is 7.39. The van der Waals surface area contributed by atoms with Gasteiger partial charge in [-0.3, -0.25) is 4.79 Å². The number of nitrogens with one attached hydrogen (secondary N) is 1. The van der Waals surface area contributed by atoms with Crippen LogP contribution in [0.4, 0.5) is 0 Å². The molecule has 0 radical (unpaired) electrons. The van der Waals surface area contributed by atoms with Gasteiger partial charge in [-0.15, -0.1) is 0 Å². The summed E-state index contributed by atoms with van der Waals surface area (Å²) >= 11 is 0. The Morgan fingerprint density at radius 2 is 1.86 bits per heavy atom. The number of nitrogens with zero attached hydrogens (tertiary/aromatic N) is 1. The molecule has 162 valence electrons. The highest BCUT2D eigenvalue weighted by Gasteiger charge is 2.40. The van der Waals surface area contributed by atoms with Gasteiger partial charge in [0.25, 0.3) is 0 Å². The lowest BCUT2D eigenvalue weighted by atomic mass is 9.80. The number of rotatable bonds is 7. The fourth-order valence-corrected chi connectivity index (χ4v) is 5.54. The molecule has 1 aliphatic carbocycles. The maximum absolute atomic E-state index is 12.9. The van der Waals surface area contributed by atoms with Crippen molar-refractivity contribution >= 4 is 15.9 Å². The first kappa shape index (κ1) is 22.0. The van der Waals surface area contributed by atoms with Crippen molar-refractivity contribution in [2.75, 3.05) is 32.6 Å². The van der Waals surface area contributed by atoms with Crippen molar-refractivity contribution in [3.05, 3.63) is 0 Å². The number of carbonyl (C=O) groups excluding carboxylic acids is 1. The van der Waals surface area contributed by atoms with Crippen LogP contribution in [0.2, 0.25) is 0 Å². The summed E-state index contributed by atoms with van der Waals surface area (Å²) in [5.41, 5.74) is 0. The van der Waals surface area contributed by atoms with E-state index >= 15 is 0 Å². The molecule has 2 atom stereocenters. The predicted octanol–water partition coefficient (Wildman–Crippen LogP) is 1.77. The first-order valence-electron chi connectivity index (χ1n) is 10.7. The summed E-state index contributed by atoms with van der Waals surface area (Å²) in [4.78, 5) is 14.7. The average molecular weight is 417 g/mol. The van der Waals surface area contributed by atoms with E-state index in [1.807, 2.05) is 4.90 Å². The van der Waals surface area contributed by atoms with Crippen molar-refractivity contribution < 1.29 is 22.7 Å². The minimum Gasteiger partial charge on any atom is -0.380 e. The summed E-state index contributed by atoms with van der Waals surface area (Å²) in [6, 6.07) is -0.542. The smallest absolute Gasteiger partial charge is 0.230 e. The molecular formula is C20H36N2O5S. The highest BCUT2D eigenvalue weighted by atomic mass is 32.2. The monoisotopic (exact) mass is 416 g/mol. The van der Waals surface area contributed by atoms with Gasteiger partial charge in [-0.05, 0) is 50.4 Å². The highest BCUT2D eigenvalue weighted by Crippen LogP contribution is 2.32. The molecule has 0 aromatic heterocycles. The molecule has 3 rings (SSSR count). The molecule has 0 spiro atoms. The zero-order valence-electron chi connectivity index (χ0n) is 17.4. The van der Waals surface area contributed by atoms with Crippen LogP contribution in [-0.2, 0) is 24.3 Å². The molecule has 2 saturated heterocycles. The molecule has 7 nitrogen and oxygen atoms in total. The van der Waals surface area contributed by atoms with Crippen molar-refractivity contribution in [3.63, 3.8) is 0 Å². The summed E-state index contributed by atoms with van der Waals surface area (Å²) in [5, 5.41) is 0. The number of likely N-dealkylation sites (tertiary alicyclic amines) is 1. The molecule has 1 saturated carbocycles. The number of carbonyl (C=O) groups is 1. The fraction of sp³-hybridized carbons (Fsp3) is 0.950. The Morgan fingerprint density at radius 3 is 2.39 bits per heavy atom. The van der Waals surface area contributed by atoms with Crippen molar-refractivity contribution in [2.45, 2.75) is 70.6 Å². The maximum atomic E-state index is 12.9. The van der Waals surface area contributed by atoms with Crippen LogP contribution in [0.15, 0.2) is 0 Å². The Balaban J connectivity index is 1.63. The van der Waals surface area contributed by atoms with Gasteiger partial charge in [-0.1, -0.05) is 13.8 Å². The van der Waals surface area contributed by atoms with Gasteiger partial charge in [0.1, 0.15) is 0 Å². The van der Waals surface area contributed by atoms with Gasteiger partial charge in [0.2, 0.25) is 15.9 Å². The molecule has 3 aliphatic rings. The van der Waals surface area contributed by atoms with Crippen LogP contribution in [0.1, 0.15) is 52.4 Å². The van der Waals surface area contributed by atoms with Gasteiger partial charge < -0.3 is 14.4 Å². The average Bonchev–Trinajstić information content (AvgIpc) is 2.58. The quantitative estimate of drug-likeness (QED) is 0.684. The van der Waals surface area contributed by atoms with Crippen molar-refractivity contribution in [1.82, 2.24) is 9.62 Å². The molecule has 2 aliphatic heterocycles. The lowest BCUT2D eigenvalue weighted by Gasteiger charge is -2.44. The largest absolute Gasteiger partial charge is 0.380 e.